The van der Waals surface area contributed by atoms with Gasteiger partial charge in [0.2, 0.25) is 0 Å². The summed E-state index contributed by atoms with van der Waals surface area (Å²) in [6, 6.07) is 6.75. The highest BCUT2D eigenvalue weighted by Gasteiger charge is 2.22. The number of hydrogen-bond donors (Lipinski definition) is 0. The maximum absolute atomic E-state index is 13.5. The van der Waals surface area contributed by atoms with Crippen molar-refractivity contribution in [1.82, 2.24) is 4.90 Å². The summed E-state index contributed by atoms with van der Waals surface area (Å²) < 4.78 is 13.5. The van der Waals surface area contributed by atoms with E-state index in [-0.39, 0.29) is 5.56 Å². The van der Waals surface area contributed by atoms with E-state index in [1.54, 1.807) is 12.1 Å². The summed E-state index contributed by atoms with van der Waals surface area (Å²) in [6.07, 6.45) is 1.16. The first-order valence-electron chi connectivity index (χ1n) is 6.20. The van der Waals surface area contributed by atoms with Crippen LogP contribution in [0.15, 0.2) is 18.2 Å². The summed E-state index contributed by atoms with van der Waals surface area (Å²) in [5, 5.41) is 9.03. The van der Waals surface area contributed by atoms with Gasteiger partial charge >= 0.3 is 0 Å². The molecule has 0 N–H and O–H groups in total. The first kappa shape index (κ1) is 12.8. The van der Waals surface area contributed by atoms with Crippen molar-refractivity contribution in [2.24, 2.45) is 5.92 Å². The van der Waals surface area contributed by atoms with Crippen molar-refractivity contribution in [3.05, 3.63) is 29.6 Å². The van der Waals surface area contributed by atoms with E-state index in [2.05, 4.69) is 11.9 Å². The van der Waals surface area contributed by atoms with Crippen LogP contribution in [0.4, 0.5) is 10.1 Å². The van der Waals surface area contributed by atoms with Gasteiger partial charge in [0.1, 0.15) is 17.4 Å². The molecule has 96 valence electrons. The molecule has 1 aliphatic heterocycles. The molecule has 1 atom stereocenters. The molecule has 4 heteroatoms. The lowest BCUT2D eigenvalue weighted by Crippen LogP contribution is -2.27. The van der Waals surface area contributed by atoms with Gasteiger partial charge in [0.05, 0.1) is 5.69 Å². The van der Waals surface area contributed by atoms with Crippen LogP contribution in [0, 0.1) is 23.1 Å². The minimum atomic E-state index is -0.439. The van der Waals surface area contributed by atoms with Crippen LogP contribution >= 0.6 is 0 Å². The Morgan fingerprint density at radius 2 is 2.33 bits per heavy atom. The van der Waals surface area contributed by atoms with Gasteiger partial charge in [-0.3, -0.25) is 0 Å². The second kappa shape index (κ2) is 5.36. The third-order valence-corrected chi connectivity index (χ3v) is 3.54. The zero-order chi connectivity index (χ0) is 13.1. The highest BCUT2D eigenvalue weighted by atomic mass is 19.1. The lowest BCUT2D eigenvalue weighted by molar-refractivity contribution is 0.396. The molecule has 1 aromatic rings. The Morgan fingerprint density at radius 1 is 1.56 bits per heavy atom. The first-order chi connectivity index (χ1) is 8.61. The Morgan fingerprint density at radius 3 is 2.94 bits per heavy atom. The van der Waals surface area contributed by atoms with Crippen LogP contribution in [-0.2, 0) is 0 Å². The smallest absolute Gasteiger partial charge is 0.143 e. The third kappa shape index (κ3) is 2.62. The molecule has 1 aliphatic rings. The molecule has 0 aliphatic carbocycles. The van der Waals surface area contributed by atoms with Gasteiger partial charge in [-0.2, -0.15) is 5.26 Å². The van der Waals surface area contributed by atoms with Crippen LogP contribution in [0.25, 0.3) is 0 Å². The van der Waals surface area contributed by atoms with Crippen molar-refractivity contribution in [2.75, 3.05) is 38.6 Å². The topological polar surface area (TPSA) is 30.3 Å². The molecule has 1 heterocycles. The van der Waals surface area contributed by atoms with Crippen LogP contribution in [0.2, 0.25) is 0 Å². The number of nitriles is 1. The fourth-order valence-corrected chi connectivity index (χ4v) is 2.60. The molecule has 0 radical (unpaired) electrons. The van der Waals surface area contributed by atoms with Crippen molar-refractivity contribution >= 4 is 5.69 Å². The average Bonchev–Trinajstić information content (AvgIpc) is 2.74. The monoisotopic (exact) mass is 247 g/mol. The molecule has 0 spiro atoms. The Kier molecular flexibility index (Phi) is 3.83. The van der Waals surface area contributed by atoms with Crippen molar-refractivity contribution in [3.63, 3.8) is 0 Å². The van der Waals surface area contributed by atoms with Crippen LogP contribution < -0.4 is 4.90 Å². The summed E-state index contributed by atoms with van der Waals surface area (Å²) >= 11 is 0. The largest absolute Gasteiger partial charge is 0.373 e. The van der Waals surface area contributed by atoms with E-state index in [4.69, 9.17) is 5.26 Å². The molecule has 1 saturated heterocycles. The molecular formula is C14H18FN3. The van der Waals surface area contributed by atoms with Crippen molar-refractivity contribution < 1.29 is 4.39 Å². The van der Waals surface area contributed by atoms with Crippen molar-refractivity contribution in [2.45, 2.75) is 6.42 Å². The van der Waals surface area contributed by atoms with Gasteiger partial charge in [-0.1, -0.05) is 6.07 Å². The molecule has 0 bridgehead atoms. The van der Waals surface area contributed by atoms with E-state index in [1.165, 1.54) is 6.07 Å². The predicted octanol–water partition coefficient (Wildman–Crippen LogP) is 2.09. The van der Waals surface area contributed by atoms with E-state index in [1.807, 2.05) is 18.0 Å². The van der Waals surface area contributed by atoms with E-state index >= 15 is 0 Å². The Balaban J connectivity index is 2.12. The average molecular weight is 247 g/mol. The van der Waals surface area contributed by atoms with E-state index < -0.39 is 5.82 Å². The summed E-state index contributed by atoms with van der Waals surface area (Å²) in [4.78, 5) is 4.29. The van der Waals surface area contributed by atoms with E-state index in [0.29, 0.717) is 11.6 Å². The lowest BCUT2D eigenvalue weighted by Gasteiger charge is -2.24. The number of halogens is 1. The van der Waals surface area contributed by atoms with Gasteiger partial charge < -0.3 is 9.80 Å². The second-order valence-corrected chi connectivity index (χ2v) is 5.04. The normalized spacial score (nSPS) is 19.8. The second-order valence-electron chi connectivity index (χ2n) is 5.04. The molecule has 0 saturated carbocycles. The number of rotatable bonds is 3. The fourth-order valence-electron chi connectivity index (χ4n) is 2.60. The zero-order valence-electron chi connectivity index (χ0n) is 10.9. The summed E-state index contributed by atoms with van der Waals surface area (Å²) in [7, 11) is 4.04. The highest BCUT2D eigenvalue weighted by molar-refractivity contribution is 5.59. The maximum Gasteiger partial charge on any atom is 0.143 e. The lowest BCUT2D eigenvalue weighted by atomic mass is 10.1. The van der Waals surface area contributed by atoms with Crippen molar-refractivity contribution in [3.8, 4) is 6.07 Å². The first-order valence-corrected chi connectivity index (χ1v) is 6.20. The zero-order valence-corrected chi connectivity index (χ0v) is 10.9. The Hall–Kier alpha value is -1.60. The fraction of sp³-hybridized carbons (Fsp3) is 0.500. The summed E-state index contributed by atoms with van der Waals surface area (Å²) in [5.41, 5.74) is 0.832. The van der Waals surface area contributed by atoms with Crippen LogP contribution in [0.1, 0.15) is 12.0 Å². The van der Waals surface area contributed by atoms with Crippen LogP contribution in [0.5, 0.6) is 0 Å². The Labute approximate surface area is 107 Å². The standard InChI is InChI=1S/C14H18FN3/c1-17-7-6-11(9-17)10-18(2)14-5-3-4-13(15)12(14)8-16/h3-5,11H,6-7,9-10H2,1-2H3. The van der Waals surface area contributed by atoms with Crippen LogP contribution in [-0.4, -0.2) is 38.6 Å². The van der Waals surface area contributed by atoms with Gasteiger partial charge in [0.15, 0.2) is 0 Å². The predicted molar refractivity (Wildman–Crippen MR) is 70.0 cm³/mol. The quantitative estimate of drug-likeness (QED) is 0.819. The molecule has 18 heavy (non-hydrogen) atoms. The molecule has 0 aromatic heterocycles. The minimum absolute atomic E-state index is 0.145. The molecule has 3 nitrogen and oxygen atoms in total. The Bertz CT molecular complexity index is 467. The minimum Gasteiger partial charge on any atom is -0.373 e. The van der Waals surface area contributed by atoms with E-state index in [0.717, 1.165) is 26.1 Å². The number of anilines is 1. The van der Waals surface area contributed by atoms with Gasteiger partial charge in [-0.25, -0.2) is 4.39 Å². The van der Waals surface area contributed by atoms with Crippen molar-refractivity contribution in [1.29, 1.82) is 5.26 Å². The molecule has 1 fully saturated rings. The summed E-state index contributed by atoms with van der Waals surface area (Å²) in [5.74, 6) is 0.153. The highest BCUT2D eigenvalue weighted by Crippen LogP contribution is 2.24. The number of benzene rings is 1. The molecule has 2 rings (SSSR count). The molecule has 1 unspecified atom stereocenters. The van der Waals surface area contributed by atoms with E-state index in [9.17, 15) is 4.39 Å². The molecular weight excluding hydrogens is 229 g/mol. The third-order valence-electron chi connectivity index (χ3n) is 3.54. The van der Waals surface area contributed by atoms with Gasteiger partial charge in [0.25, 0.3) is 0 Å². The number of nitrogens with zero attached hydrogens (tertiary/aromatic N) is 3. The summed E-state index contributed by atoms with van der Waals surface area (Å²) in [6.45, 7) is 3.05. The van der Waals surface area contributed by atoms with Gasteiger partial charge in [-0.05, 0) is 38.1 Å². The van der Waals surface area contributed by atoms with Gasteiger partial charge in [0, 0.05) is 20.1 Å². The van der Waals surface area contributed by atoms with Crippen LogP contribution in [0.3, 0.4) is 0 Å². The SMILES string of the molecule is CN1CCC(CN(C)c2cccc(F)c2C#N)C1. The van der Waals surface area contributed by atoms with Gasteiger partial charge in [-0.15, -0.1) is 0 Å². The molecule has 1 aromatic carbocycles. The number of likely N-dealkylation sites (tertiary alicyclic amines) is 1. The molecule has 0 amide bonds. The number of hydrogen-bond acceptors (Lipinski definition) is 3. The maximum atomic E-state index is 13.5.